The highest BCUT2D eigenvalue weighted by atomic mass is 19.2. The standard InChI is InChI=1S/C15H17F2NO3/c1-3-15(2,14(20)21)18-13(19)10-7-9(10)8-4-5-11(16)12(17)6-8/h4-6,9-10H,3,7H2,1-2H3,(H,18,19)(H,20,21). The van der Waals surface area contributed by atoms with E-state index in [-0.39, 0.29) is 24.2 Å². The van der Waals surface area contributed by atoms with E-state index in [9.17, 15) is 18.4 Å². The molecule has 0 saturated heterocycles. The van der Waals surface area contributed by atoms with Crippen LogP contribution in [0.1, 0.15) is 38.2 Å². The predicted octanol–water partition coefficient (Wildman–Crippen LogP) is 2.44. The van der Waals surface area contributed by atoms with Crippen molar-refractivity contribution < 1.29 is 23.5 Å². The molecule has 21 heavy (non-hydrogen) atoms. The zero-order valence-corrected chi connectivity index (χ0v) is 11.8. The molecule has 1 aliphatic carbocycles. The summed E-state index contributed by atoms with van der Waals surface area (Å²) in [7, 11) is 0. The number of carbonyl (C=O) groups is 2. The monoisotopic (exact) mass is 297 g/mol. The molecule has 3 atom stereocenters. The van der Waals surface area contributed by atoms with E-state index in [1.54, 1.807) is 6.92 Å². The van der Waals surface area contributed by atoms with Crippen molar-refractivity contribution in [3.05, 3.63) is 35.4 Å². The van der Waals surface area contributed by atoms with Crippen molar-refractivity contribution in [2.75, 3.05) is 0 Å². The summed E-state index contributed by atoms with van der Waals surface area (Å²) in [5.74, 6) is -3.90. The van der Waals surface area contributed by atoms with Gasteiger partial charge < -0.3 is 10.4 Å². The van der Waals surface area contributed by atoms with Crippen LogP contribution < -0.4 is 5.32 Å². The van der Waals surface area contributed by atoms with Crippen molar-refractivity contribution >= 4 is 11.9 Å². The zero-order valence-electron chi connectivity index (χ0n) is 11.8. The first kappa shape index (κ1) is 15.4. The molecule has 1 aromatic carbocycles. The zero-order chi connectivity index (χ0) is 15.8. The maximum Gasteiger partial charge on any atom is 0.329 e. The van der Waals surface area contributed by atoms with E-state index in [1.165, 1.54) is 13.0 Å². The van der Waals surface area contributed by atoms with Crippen molar-refractivity contribution in [3.8, 4) is 0 Å². The molecule has 2 rings (SSSR count). The van der Waals surface area contributed by atoms with Gasteiger partial charge in [0.25, 0.3) is 0 Å². The third-order valence-corrected chi connectivity index (χ3v) is 4.08. The predicted molar refractivity (Wildman–Crippen MR) is 71.7 cm³/mol. The molecule has 2 N–H and O–H groups in total. The van der Waals surface area contributed by atoms with Gasteiger partial charge in [0.1, 0.15) is 5.54 Å². The largest absolute Gasteiger partial charge is 0.480 e. The van der Waals surface area contributed by atoms with Gasteiger partial charge in [-0.05, 0) is 43.4 Å². The first-order valence-electron chi connectivity index (χ1n) is 6.79. The molecule has 1 aromatic rings. The molecule has 0 spiro atoms. The minimum Gasteiger partial charge on any atom is -0.480 e. The van der Waals surface area contributed by atoms with Gasteiger partial charge in [-0.3, -0.25) is 4.79 Å². The maximum atomic E-state index is 13.2. The van der Waals surface area contributed by atoms with Gasteiger partial charge in [0, 0.05) is 5.92 Å². The summed E-state index contributed by atoms with van der Waals surface area (Å²) in [5, 5.41) is 11.7. The quantitative estimate of drug-likeness (QED) is 0.877. The topological polar surface area (TPSA) is 66.4 Å². The molecule has 1 aliphatic rings. The number of amides is 1. The van der Waals surface area contributed by atoms with Crippen molar-refractivity contribution in [2.45, 2.75) is 38.1 Å². The summed E-state index contributed by atoms with van der Waals surface area (Å²) in [4.78, 5) is 23.2. The van der Waals surface area contributed by atoms with Crippen LogP contribution in [0.3, 0.4) is 0 Å². The average Bonchev–Trinajstić information content (AvgIpc) is 3.22. The van der Waals surface area contributed by atoms with Gasteiger partial charge in [0.15, 0.2) is 11.6 Å². The Hall–Kier alpha value is -1.98. The number of hydrogen-bond donors (Lipinski definition) is 2. The molecule has 0 aliphatic heterocycles. The number of halogens is 2. The van der Waals surface area contributed by atoms with Crippen LogP contribution in [0.4, 0.5) is 8.78 Å². The molecular weight excluding hydrogens is 280 g/mol. The maximum absolute atomic E-state index is 13.2. The molecule has 1 saturated carbocycles. The van der Waals surface area contributed by atoms with Gasteiger partial charge >= 0.3 is 5.97 Å². The second kappa shape index (κ2) is 5.42. The van der Waals surface area contributed by atoms with Gasteiger partial charge in [0.2, 0.25) is 5.91 Å². The molecule has 6 heteroatoms. The Labute approximate surface area is 121 Å². The fraction of sp³-hybridized carbons (Fsp3) is 0.467. The minimum absolute atomic E-state index is 0.185. The van der Waals surface area contributed by atoms with E-state index in [4.69, 9.17) is 5.11 Å². The molecule has 3 unspecified atom stereocenters. The summed E-state index contributed by atoms with van der Waals surface area (Å²) in [6, 6.07) is 3.57. The summed E-state index contributed by atoms with van der Waals surface area (Å²) >= 11 is 0. The summed E-state index contributed by atoms with van der Waals surface area (Å²) in [6.45, 7) is 3.12. The van der Waals surface area contributed by atoms with E-state index in [1.807, 2.05) is 0 Å². The van der Waals surface area contributed by atoms with E-state index in [0.29, 0.717) is 12.0 Å². The molecule has 0 bridgehead atoms. The minimum atomic E-state index is -1.31. The number of carbonyl (C=O) groups excluding carboxylic acids is 1. The fourth-order valence-electron chi connectivity index (χ4n) is 2.25. The highest BCUT2D eigenvalue weighted by molar-refractivity contribution is 5.89. The van der Waals surface area contributed by atoms with E-state index < -0.39 is 23.1 Å². The lowest BCUT2D eigenvalue weighted by molar-refractivity contribution is -0.147. The van der Waals surface area contributed by atoms with Crippen LogP contribution in [0.2, 0.25) is 0 Å². The first-order chi connectivity index (χ1) is 9.78. The molecule has 0 radical (unpaired) electrons. The second-order valence-electron chi connectivity index (χ2n) is 5.60. The Kier molecular flexibility index (Phi) is 3.98. The summed E-state index contributed by atoms with van der Waals surface area (Å²) in [5.41, 5.74) is -0.749. The van der Waals surface area contributed by atoms with Crippen LogP contribution in [0.5, 0.6) is 0 Å². The Morgan fingerprint density at radius 1 is 1.38 bits per heavy atom. The van der Waals surface area contributed by atoms with Crippen LogP contribution in [0, 0.1) is 17.6 Å². The van der Waals surface area contributed by atoms with E-state index >= 15 is 0 Å². The Balaban J connectivity index is 2.04. The number of benzene rings is 1. The summed E-state index contributed by atoms with van der Waals surface area (Å²) in [6.07, 6.45) is 0.771. The fourth-order valence-corrected chi connectivity index (χ4v) is 2.25. The molecule has 1 fully saturated rings. The number of nitrogens with one attached hydrogen (secondary N) is 1. The van der Waals surface area contributed by atoms with Gasteiger partial charge in [0.05, 0.1) is 0 Å². The Bertz CT molecular complexity index is 590. The smallest absolute Gasteiger partial charge is 0.329 e. The average molecular weight is 297 g/mol. The number of carboxylic acid groups (broad SMARTS) is 1. The number of aliphatic carboxylic acids is 1. The molecule has 114 valence electrons. The highest BCUT2D eigenvalue weighted by Gasteiger charge is 2.46. The molecule has 4 nitrogen and oxygen atoms in total. The van der Waals surface area contributed by atoms with Crippen LogP contribution in [-0.2, 0) is 9.59 Å². The van der Waals surface area contributed by atoms with Gasteiger partial charge in [-0.15, -0.1) is 0 Å². The van der Waals surface area contributed by atoms with Crippen LogP contribution in [-0.4, -0.2) is 22.5 Å². The van der Waals surface area contributed by atoms with Gasteiger partial charge in [-0.2, -0.15) is 0 Å². The van der Waals surface area contributed by atoms with Crippen molar-refractivity contribution in [1.82, 2.24) is 5.32 Å². The lowest BCUT2D eigenvalue weighted by Gasteiger charge is -2.24. The number of hydrogen-bond acceptors (Lipinski definition) is 2. The van der Waals surface area contributed by atoms with Crippen molar-refractivity contribution in [2.24, 2.45) is 5.92 Å². The van der Waals surface area contributed by atoms with E-state index in [2.05, 4.69) is 5.32 Å². The summed E-state index contributed by atoms with van der Waals surface area (Å²) < 4.78 is 26.0. The lowest BCUT2D eigenvalue weighted by Crippen LogP contribution is -2.52. The SMILES string of the molecule is CCC(C)(NC(=O)C1CC1c1ccc(F)c(F)c1)C(=O)O. The second-order valence-corrected chi connectivity index (χ2v) is 5.60. The normalized spacial score (nSPS) is 23.2. The number of rotatable bonds is 5. The Morgan fingerprint density at radius 3 is 2.57 bits per heavy atom. The van der Waals surface area contributed by atoms with Crippen LogP contribution >= 0.6 is 0 Å². The van der Waals surface area contributed by atoms with Crippen LogP contribution in [0.25, 0.3) is 0 Å². The molecule has 1 amide bonds. The third-order valence-electron chi connectivity index (χ3n) is 4.08. The van der Waals surface area contributed by atoms with Gasteiger partial charge in [-0.25, -0.2) is 13.6 Å². The lowest BCUT2D eigenvalue weighted by atomic mass is 9.98. The van der Waals surface area contributed by atoms with Crippen molar-refractivity contribution in [3.63, 3.8) is 0 Å². The molecule has 0 aromatic heterocycles. The highest BCUT2D eigenvalue weighted by Crippen LogP contribution is 2.48. The van der Waals surface area contributed by atoms with Gasteiger partial charge in [-0.1, -0.05) is 13.0 Å². The number of carboxylic acids is 1. The molecular formula is C15H17F2NO3. The molecule has 0 heterocycles. The first-order valence-corrected chi connectivity index (χ1v) is 6.79. The third kappa shape index (κ3) is 3.04. The van der Waals surface area contributed by atoms with E-state index in [0.717, 1.165) is 12.1 Å². The Morgan fingerprint density at radius 2 is 2.05 bits per heavy atom. The van der Waals surface area contributed by atoms with Crippen LogP contribution in [0.15, 0.2) is 18.2 Å². The van der Waals surface area contributed by atoms with Crippen molar-refractivity contribution in [1.29, 1.82) is 0 Å².